The fourth-order valence-corrected chi connectivity index (χ4v) is 1.52. The number of hydrogen-bond donors (Lipinski definition) is 3. The lowest BCUT2D eigenvalue weighted by atomic mass is 9.74. The Kier molecular flexibility index (Phi) is 3.57. The van der Waals surface area contributed by atoms with Crippen molar-refractivity contribution >= 4 is 11.7 Å². The molecule has 0 aliphatic carbocycles. The van der Waals surface area contributed by atoms with Gasteiger partial charge in [0.15, 0.2) is 11.2 Å². The highest BCUT2D eigenvalue weighted by molar-refractivity contribution is 6.05. The molecule has 0 aromatic rings. The standard InChI is InChI=1S/C8H15NO4/c1-4(10)8(5(2)11,6(3)12)7(9)13/h4-5,10-11H,1-3H3,(H2,9,13). The SMILES string of the molecule is CC(=O)C(C(N)=O)(C(C)O)C(C)O. The third kappa shape index (κ3) is 1.71. The van der Waals surface area contributed by atoms with Crippen LogP contribution in [0.25, 0.3) is 0 Å². The van der Waals surface area contributed by atoms with Crippen LogP contribution in [0.15, 0.2) is 0 Å². The summed E-state index contributed by atoms with van der Waals surface area (Å²) in [6.07, 6.45) is -2.61. The molecule has 0 radical (unpaired) electrons. The van der Waals surface area contributed by atoms with E-state index in [0.29, 0.717) is 0 Å². The van der Waals surface area contributed by atoms with Gasteiger partial charge in [-0.2, -0.15) is 0 Å². The molecule has 0 fully saturated rings. The number of carbonyl (C=O) groups is 2. The maximum Gasteiger partial charge on any atom is 0.236 e. The van der Waals surface area contributed by atoms with E-state index in [-0.39, 0.29) is 0 Å². The van der Waals surface area contributed by atoms with Crippen LogP contribution < -0.4 is 5.73 Å². The monoisotopic (exact) mass is 189 g/mol. The summed E-state index contributed by atoms with van der Waals surface area (Å²) in [5, 5.41) is 18.6. The number of amides is 1. The van der Waals surface area contributed by atoms with Crippen molar-refractivity contribution in [3.63, 3.8) is 0 Å². The van der Waals surface area contributed by atoms with Crippen molar-refractivity contribution in [2.45, 2.75) is 33.0 Å². The van der Waals surface area contributed by atoms with Crippen molar-refractivity contribution in [1.82, 2.24) is 0 Å². The van der Waals surface area contributed by atoms with E-state index in [2.05, 4.69) is 0 Å². The predicted octanol–water partition coefficient (Wildman–Crippen LogP) is -1.19. The number of hydrogen-bond acceptors (Lipinski definition) is 4. The van der Waals surface area contributed by atoms with Gasteiger partial charge in [-0.25, -0.2) is 0 Å². The van der Waals surface area contributed by atoms with Crippen LogP contribution >= 0.6 is 0 Å². The normalized spacial score (nSPS) is 20.1. The summed E-state index contributed by atoms with van der Waals surface area (Å²) in [5.74, 6) is -1.64. The lowest BCUT2D eigenvalue weighted by molar-refractivity contribution is -0.156. The minimum Gasteiger partial charge on any atom is -0.392 e. The molecule has 0 saturated heterocycles. The van der Waals surface area contributed by atoms with E-state index in [1.165, 1.54) is 13.8 Å². The van der Waals surface area contributed by atoms with Gasteiger partial charge in [0.25, 0.3) is 0 Å². The van der Waals surface area contributed by atoms with E-state index < -0.39 is 29.3 Å². The van der Waals surface area contributed by atoms with Gasteiger partial charge in [0.05, 0.1) is 12.2 Å². The molecule has 0 saturated carbocycles. The van der Waals surface area contributed by atoms with Gasteiger partial charge in [-0.1, -0.05) is 0 Å². The van der Waals surface area contributed by atoms with Crippen LogP contribution in [0.5, 0.6) is 0 Å². The Morgan fingerprint density at radius 2 is 1.54 bits per heavy atom. The van der Waals surface area contributed by atoms with Crippen molar-refractivity contribution in [1.29, 1.82) is 0 Å². The fraction of sp³-hybridized carbons (Fsp3) is 0.750. The summed E-state index contributed by atoms with van der Waals surface area (Å²) in [4.78, 5) is 22.2. The smallest absolute Gasteiger partial charge is 0.236 e. The van der Waals surface area contributed by atoms with Gasteiger partial charge in [0.1, 0.15) is 0 Å². The summed E-state index contributed by atoms with van der Waals surface area (Å²) in [7, 11) is 0. The Balaban J connectivity index is 5.32. The molecule has 0 bridgehead atoms. The molecule has 0 heterocycles. The molecular weight excluding hydrogens is 174 g/mol. The summed E-state index contributed by atoms with van der Waals surface area (Å²) in [6, 6.07) is 0. The zero-order valence-corrected chi connectivity index (χ0v) is 7.94. The van der Waals surface area contributed by atoms with E-state index >= 15 is 0 Å². The Morgan fingerprint density at radius 1 is 1.23 bits per heavy atom. The molecule has 0 aliphatic rings. The van der Waals surface area contributed by atoms with Gasteiger partial charge in [-0.05, 0) is 20.8 Å². The number of rotatable bonds is 4. The minimum atomic E-state index is -1.89. The van der Waals surface area contributed by atoms with Gasteiger partial charge < -0.3 is 15.9 Å². The van der Waals surface area contributed by atoms with Crippen LogP contribution in [-0.4, -0.2) is 34.1 Å². The summed E-state index contributed by atoms with van der Waals surface area (Å²) >= 11 is 0. The first-order chi connectivity index (χ1) is 5.77. The van der Waals surface area contributed by atoms with E-state index in [4.69, 9.17) is 5.73 Å². The molecule has 0 aromatic heterocycles. The third-order valence-corrected chi connectivity index (χ3v) is 2.31. The Labute approximate surface area is 76.5 Å². The molecule has 5 heteroatoms. The average molecular weight is 189 g/mol. The number of aliphatic hydroxyl groups is 2. The van der Waals surface area contributed by atoms with Crippen molar-refractivity contribution < 1.29 is 19.8 Å². The first kappa shape index (κ1) is 12.1. The highest BCUT2D eigenvalue weighted by Gasteiger charge is 2.50. The minimum absolute atomic E-state index is 0.634. The summed E-state index contributed by atoms with van der Waals surface area (Å²) < 4.78 is 0. The first-order valence-electron chi connectivity index (χ1n) is 3.95. The number of Topliss-reactive ketones (excluding diaryl/α,β-unsaturated/α-hetero) is 1. The second-order valence-electron chi connectivity index (χ2n) is 3.14. The Bertz CT molecular complexity index is 198. The van der Waals surface area contributed by atoms with Crippen molar-refractivity contribution in [2.75, 3.05) is 0 Å². The number of ketones is 1. The van der Waals surface area contributed by atoms with E-state index in [1.807, 2.05) is 0 Å². The number of aliphatic hydroxyl groups excluding tert-OH is 2. The molecule has 2 atom stereocenters. The van der Waals surface area contributed by atoms with Gasteiger partial charge in [0, 0.05) is 0 Å². The highest BCUT2D eigenvalue weighted by atomic mass is 16.3. The van der Waals surface area contributed by atoms with E-state index in [0.717, 1.165) is 6.92 Å². The van der Waals surface area contributed by atoms with Crippen LogP contribution in [0.3, 0.4) is 0 Å². The molecule has 0 aromatic carbocycles. The zero-order valence-electron chi connectivity index (χ0n) is 7.94. The molecule has 1 amide bonds. The van der Waals surface area contributed by atoms with Crippen molar-refractivity contribution in [2.24, 2.45) is 11.1 Å². The number of nitrogens with two attached hydrogens (primary N) is 1. The molecule has 4 N–H and O–H groups in total. The van der Waals surface area contributed by atoms with Gasteiger partial charge in [-0.15, -0.1) is 0 Å². The van der Waals surface area contributed by atoms with Crippen molar-refractivity contribution in [3.8, 4) is 0 Å². The summed E-state index contributed by atoms with van der Waals surface area (Å²) in [6.45, 7) is 3.61. The van der Waals surface area contributed by atoms with E-state index in [1.54, 1.807) is 0 Å². The van der Waals surface area contributed by atoms with Gasteiger partial charge >= 0.3 is 0 Å². The molecule has 76 valence electrons. The third-order valence-electron chi connectivity index (χ3n) is 2.31. The quantitative estimate of drug-likeness (QED) is 0.484. The number of carbonyl (C=O) groups excluding carboxylic acids is 2. The largest absolute Gasteiger partial charge is 0.392 e. The van der Waals surface area contributed by atoms with Crippen LogP contribution in [-0.2, 0) is 9.59 Å². The van der Waals surface area contributed by atoms with Crippen LogP contribution in [0.1, 0.15) is 20.8 Å². The lowest BCUT2D eigenvalue weighted by Gasteiger charge is -2.33. The number of primary amides is 1. The topological polar surface area (TPSA) is 101 Å². The second-order valence-corrected chi connectivity index (χ2v) is 3.14. The van der Waals surface area contributed by atoms with Crippen LogP contribution in [0.2, 0.25) is 0 Å². The van der Waals surface area contributed by atoms with Gasteiger partial charge in [0.2, 0.25) is 5.91 Å². The first-order valence-corrected chi connectivity index (χ1v) is 3.95. The highest BCUT2D eigenvalue weighted by Crippen LogP contribution is 2.27. The maximum absolute atomic E-state index is 11.2. The fourth-order valence-electron chi connectivity index (χ4n) is 1.52. The molecule has 13 heavy (non-hydrogen) atoms. The average Bonchev–Trinajstić information content (AvgIpc) is 1.82. The Hall–Kier alpha value is -0.940. The predicted molar refractivity (Wildman–Crippen MR) is 45.7 cm³/mol. The molecule has 2 unspecified atom stereocenters. The molecule has 5 nitrogen and oxygen atoms in total. The Morgan fingerprint density at radius 3 is 1.54 bits per heavy atom. The van der Waals surface area contributed by atoms with Crippen molar-refractivity contribution in [3.05, 3.63) is 0 Å². The van der Waals surface area contributed by atoms with Crippen LogP contribution in [0.4, 0.5) is 0 Å². The van der Waals surface area contributed by atoms with Crippen LogP contribution in [0, 0.1) is 5.41 Å². The van der Waals surface area contributed by atoms with E-state index in [9.17, 15) is 19.8 Å². The maximum atomic E-state index is 11.2. The molecular formula is C8H15NO4. The molecule has 0 spiro atoms. The lowest BCUT2D eigenvalue weighted by Crippen LogP contribution is -2.57. The molecule has 0 aliphatic heterocycles. The van der Waals surface area contributed by atoms with Gasteiger partial charge in [-0.3, -0.25) is 9.59 Å². The second kappa shape index (κ2) is 3.85. The molecule has 0 rings (SSSR count). The zero-order chi connectivity index (χ0) is 10.8. The summed E-state index contributed by atoms with van der Waals surface area (Å²) in [5.41, 5.74) is 3.11.